The number of pyridine rings is 1. The van der Waals surface area contributed by atoms with Gasteiger partial charge < -0.3 is 24.4 Å². The number of nitrogens with zero attached hydrogens (tertiary/aromatic N) is 9. The molecule has 3 aliphatic rings. The number of fused-ring (bicyclic) bond motifs is 4. The van der Waals surface area contributed by atoms with E-state index in [1.54, 1.807) is 39.9 Å². The van der Waals surface area contributed by atoms with Crippen molar-refractivity contribution in [3.8, 4) is 5.69 Å². The number of amides is 1. The molecule has 0 radical (unpaired) electrons. The Labute approximate surface area is 352 Å². The number of aryl methyl sites for hydroxylation is 1. The zero-order chi connectivity index (χ0) is 42.7. The van der Waals surface area contributed by atoms with Gasteiger partial charge in [0.1, 0.15) is 22.8 Å². The lowest BCUT2D eigenvalue weighted by atomic mass is 9.94. The smallest absolute Gasteiger partial charge is 0.335 e. The van der Waals surface area contributed by atoms with Crippen molar-refractivity contribution in [1.82, 2.24) is 38.5 Å². The molecule has 0 aliphatic carbocycles. The van der Waals surface area contributed by atoms with Gasteiger partial charge >= 0.3 is 11.7 Å². The zero-order valence-electron chi connectivity index (χ0n) is 35.1. The zero-order valence-corrected chi connectivity index (χ0v) is 35.1. The molecule has 15 heteroatoms. The summed E-state index contributed by atoms with van der Waals surface area (Å²) in [5, 5.41) is 10.8. The first-order valence-corrected chi connectivity index (χ1v) is 21.2. The van der Waals surface area contributed by atoms with Gasteiger partial charge in [0.05, 0.1) is 30.4 Å². The summed E-state index contributed by atoms with van der Waals surface area (Å²) in [4.78, 5) is 61.6. The molecule has 1 unspecified atom stereocenters. The molecule has 2 saturated heterocycles. The lowest BCUT2D eigenvalue weighted by molar-refractivity contribution is -0.141. The summed E-state index contributed by atoms with van der Waals surface area (Å²) in [6.07, 6.45) is 5.12. The van der Waals surface area contributed by atoms with E-state index in [9.17, 15) is 28.3 Å². The van der Waals surface area contributed by atoms with Crippen LogP contribution in [0.5, 0.6) is 0 Å². The highest BCUT2D eigenvalue weighted by Gasteiger charge is 2.33. The summed E-state index contributed by atoms with van der Waals surface area (Å²) in [6, 6.07) is 14.4. The van der Waals surface area contributed by atoms with Gasteiger partial charge in [0.25, 0.3) is 5.91 Å². The molecule has 2 aromatic carbocycles. The van der Waals surface area contributed by atoms with Gasteiger partial charge in [-0.05, 0) is 92.5 Å². The largest absolute Gasteiger partial charge is 0.481 e. The molecule has 0 spiro atoms. The van der Waals surface area contributed by atoms with Crippen LogP contribution in [-0.4, -0.2) is 94.7 Å². The molecule has 13 nitrogen and oxygen atoms in total. The van der Waals surface area contributed by atoms with Crippen LogP contribution in [0.25, 0.3) is 27.9 Å². The van der Waals surface area contributed by atoms with Crippen LogP contribution in [0.1, 0.15) is 85.4 Å². The van der Waals surface area contributed by atoms with Gasteiger partial charge in [0, 0.05) is 79.8 Å². The van der Waals surface area contributed by atoms with Gasteiger partial charge in [0.15, 0.2) is 5.65 Å². The highest BCUT2D eigenvalue weighted by Crippen LogP contribution is 2.34. The number of carboxylic acids is 1. The monoisotopic (exact) mass is 831 g/mol. The first kappa shape index (κ1) is 40.4. The van der Waals surface area contributed by atoms with E-state index in [0.717, 1.165) is 55.2 Å². The minimum atomic E-state index is -0.835. The van der Waals surface area contributed by atoms with Crippen LogP contribution in [-0.2, 0) is 24.3 Å². The van der Waals surface area contributed by atoms with Crippen molar-refractivity contribution in [3.05, 3.63) is 111 Å². The predicted octanol–water partition coefficient (Wildman–Crippen LogP) is 6.75. The lowest BCUT2D eigenvalue weighted by Crippen LogP contribution is -2.41. The molecule has 61 heavy (non-hydrogen) atoms. The van der Waals surface area contributed by atoms with Crippen LogP contribution in [0, 0.1) is 29.9 Å². The number of likely N-dealkylation sites (tertiary alicyclic amines) is 1. The van der Waals surface area contributed by atoms with Gasteiger partial charge in [-0.3, -0.25) is 18.7 Å². The molecule has 7 heterocycles. The van der Waals surface area contributed by atoms with Crippen LogP contribution in [0.15, 0.2) is 65.6 Å². The Hall–Kier alpha value is -5.96. The first-order chi connectivity index (χ1) is 29.2. The molecule has 318 valence electrons. The molecule has 1 N–H and O–H groups in total. The van der Waals surface area contributed by atoms with E-state index in [1.807, 2.05) is 33.1 Å². The predicted molar refractivity (Wildman–Crippen MR) is 228 cm³/mol. The summed E-state index contributed by atoms with van der Waals surface area (Å²) in [7, 11) is 0. The molecule has 0 bridgehead atoms. The highest BCUT2D eigenvalue weighted by atomic mass is 19.1. The molecule has 2 fully saturated rings. The van der Waals surface area contributed by atoms with Crippen molar-refractivity contribution in [2.75, 3.05) is 44.2 Å². The third-order valence-corrected chi connectivity index (χ3v) is 12.6. The quantitative estimate of drug-likeness (QED) is 0.177. The number of hydrogen-bond acceptors (Lipinski definition) is 8. The fourth-order valence-corrected chi connectivity index (χ4v) is 9.70. The van der Waals surface area contributed by atoms with Gasteiger partial charge in [-0.15, -0.1) is 0 Å². The number of halogens is 2. The normalized spacial score (nSPS) is 18.0. The van der Waals surface area contributed by atoms with Gasteiger partial charge in [-0.1, -0.05) is 26.8 Å². The number of carboxylic acid groups (broad SMARTS) is 1. The molecule has 0 saturated carbocycles. The summed E-state index contributed by atoms with van der Waals surface area (Å²) < 4.78 is 34.1. The molecule has 9 rings (SSSR count). The Kier molecular flexibility index (Phi) is 10.5. The van der Waals surface area contributed by atoms with Crippen LogP contribution in [0.2, 0.25) is 0 Å². The number of imidazole rings is 1. The summed E-state index contributed by atoms with van der Waals surface area (Å²) in [5.74, 6) is -2.40. The van der Waals surface area contributed by atoms with E-state index in [4.69, 9.17) is 9.97 Å². The molecular formula is C46H51F2N9O4. The van der Waals surface area contributed by atoms with E-state index < -0.39 is 23.5 Å². The van der Waals surface area contributed by atoms with E-state index in [1.165, 1.54) is 12.1 Å². The molecule has 3 aliphatic heterocycles. The van der Waals surface area contributed by atoms with E-state index in [2.05, 4.69) is 30.7 Å². The number of carbonyl (C=O) groups excluding carboxylic acids is 1. The number of aliphatic carboxylic acids is 1. The molecule has 6 aromatic rings. The number of anilines is 1. The number of aromatic nitrogens is 6. The Morgan fingerprint density at radius 1 is 0.934 bits per heavy atom. The standard InChI is InChI=1S/C46H51F2N9O4/c1-28-39-41(51-44(50-28)54-19-6-7-31(24-54)43(59)60)57(34-15-20-52(21-16-34)27-46(2,3)4)45(61)56(39)33-13-10-29(11-14-33)42(58)53-22-17-35-36-8-5-18-49-40(36)55(38(35)26-53)25-30-9-12-32(47)23-37(30)48/h5,8-14,18,23,31,34H,6-7,15-17,19-22,24-27H2,1-4H3,(H,59,60). The molecular weight excluding hydrogens is 781 g/mol. The van der Waals surface area contributed by atoms with Crippen LogP contribution in [0.3, 0.4) is 0 Å². The van der Waals surface area contributed by atoms with Crippen molar-refractivity contribution in [3.63, 3.8) is 0 Å². The van der Waals surface area contributed by atoms with Crippen molar-refractivity contribution >= 4 is 40.0 Å². The lowest BCUT2D eigenvalue weighted by Gasteiger charge is -2.36. The Balaban J connectivity index is 1.03. The summed E-state index contributed by atoms with van der Waals surface area (Å²) >= 11 is 0. The number of piperidine rings is 2. The van der Waals surface area contributed by atoms with Crippen LogP contribution >= 0.6 is 0 Å². The number of benzene rings is 2. The summed E-state index contributed by atoms with van der Waals surface area (Å²) in [6.45, 7) is 13.0. The molecule has 1 atom stereocenters. The fourth-order valence-electron chi connectivity index (χ4n) is 9.70. The van der Waals surface area contributed by atoms with Crippen LogP contribution < -0.4 is 10.6 Å². The first-order valence-electron chi connectivity index (χ1n) is 21.2. The average Bonchev–Trinajstić information content (AvgIpc) is 3.72. The van der Waals surface area contributed by atoms with Crippen molar-refractivity contribution in [2.24, 2.45) is 11.3 Å². The molecule has 4 aromatic heterocycles. The summed E-state index contributed by atoms with van der Waals surface area (Å²) in [5.41, 5.74) is 5.57. The maximum Gasteiger partial charge on any atom is 0.335 e. The topological polar surface area (TPSA) is 135 Å². The van der Waals surface area contributed by atoms with Gasteiger partial charge in [-0.25, -0.2) is 23.5 Å². The SMILES string of the molecule is Cc1nc(N2CCCC(C(=O)O)C2)nc2c1n(-c1ccc(C(=O)N3CCc4c(n(Cc5ccc(F)cc5F)c5ncccc45)C3)cc1)c(=O)n2C1CCN(CC(C)(C)C)CC1. The van der Waals surface area contributed by atoms with E-state index >= 15 is 0 Å². The maximum atomic E-state index is 14.9. The Morgan fingerprint density at radius 2 is 1.70 bits per heavy atom. The van der Waals surface area contributed by atoms with E-state index in [0.29, 0.717) is 84.2 Å². The van der Waals surface area contributed by atoms with Gasteiger partial charge in [-0.2, -0.15) is 4.98 Å². The number of carbonyl (C=O) groups is 2. The minimum absolute atomic E-state index is 0.0991. The number of rotatable bonds is 8. The van der Waals surface area contributed by atoms with Crippen molar-refractivity contribution in [1.29, 1.82) is 0 Å². The fraction of sp³-hybridized carbons (Fsp3) is 0.435. The van der Waals surface area contributed by atoms with Crippen molar-refractivity contribution in [2.45, 2.75) is 78.9 Å². The average molecular weight is 832 g/mol. The van der Waals surface area contributed by atoms with Gasteiger partial charge in [0.2, 0.25) is 5.95 Å². The third kappa shape index (κ3) is 7.68. The van der Waals surface area contributed by atoms with Crippen molar-refractivity contribution < 1.29 is 23.5 Å². The second-order valence-corrected chi connectivity index (χ2v) is 18.1. The second-order valence-electron chi connectivity index (χ2n) is 18.1. The maximum absolute atomic E-state index is 14.9. The Morgan fingerprint density at radius 3 is 2.43 bits per heavy atom. The molecule has 1 amide bonds. The third-order valence-electron chi connectivity index (χ3n) is 12.6. The highest BCUT2D eigenvalue weighted by molar-refractivity contribution is 5.95. The minimum Gasteiger partial charge on any atom is -0.481 e. The number of hydrogen-bond donors (Lipinski definition) is 1. The van der Waals surface area contributed by atoms with Crippen LogP contribution in [0.4, 0.5) is 14.7 Å². The van der Waals surface area contributed by atoms with E-state index in [-0.39, 0.29) is 36.1 Å². The Bertz CT molecular complexity index is 2730. The second kappa shape index (κ2) is 15.8.